The van der Waals surface area contributed by atoms with Gasteiger partial charge in [-0.15, -0.1) is 4.73 Å². The first kappa shape index (κ1) is 10.2. The number of pyridine rings is 1. The van der Waals surface area contributed by atoms with Crippen LogP contribution in [0.2, 0.25) is 0 Å². The lowest BCUT2D eigenvalue weighted by atomic mass is 10.2. The summed E-state index contributed by atoms with van der Waals surface area (Å²) in [7, 11) is 0. The van der Waals surface area contributed by atoms with Crippen LogP contribution >= 0.6 is 0 Å². The normalized spacial score (nSPS) is 10.3. The molecule has 0 radical (unpaired) electrons. The summed E-state index contributed by atoms with van der Waals surface area (Å²) in [6.45, 7) is 1.19. The van der Waals surface area contributed by atoms with Gasteiger partial charge in [-0.2, -0.15) is 0 Å². The van der Waals surface area contributed by atoms with Crippen molar-refractivity contribution in [2.75, 3.05) is 0 Å². The maximum atomic E-state index is 11.5. The van der Waals surface area contributed by atoms with Crippen molar-refractivity contribution in [3.63, 3.8) is 0 Å². The Bertz CT molecular complexity index is 615. The molecule has 1 aromatic heterocycles. The summed E-state index contributed by atoms with van der Waals surface area (Å²) < 4.78 is 0.785. The van der Waals surface area contributed by atoms with E-state index in [1.165, 1.54) is 19.1 Å². The average Bonchev–Trinajstić information content (AvgIpc) is 2.22. The number of carbonyl (C=O) groups is 1. The molecule has 82 valence electrons. The number of carbonyl (C=O) groups excluding carboxylic acids is 1. The van der Waals surface area contributed by atoms with E-state index >= 15 is 0 Å². The molecule has 2 rings (SSSR count). The summed E-state index contributed by atoms with van der Waals surface area (Å²) in [5.41, 5.74) is -0.325. The molecule has 1 aromatic carbocycles. The van der Waals surface area contributed by atoms with Crippen LogP contribution in [0.5, 0.6) is 5.75 Å². The summed E-state index contributed by atoms with van der Waals surface area (Å²) in [5, 5.41) is 10.3. The van der Waals surface area contributed by atoms with E-state index in [2.05, 4.69) is 0 Å². The van der Waals surface area contributed by atoms with Crippen molar-refractivity contribution in [2.45, 2.75) is 6.92 Å². The van der Waals surface area contributed by atoms with Crippen LogP contribution in [0.1, 0.15) is 6.92 Å². The van der Waals surface area contributed by atoms with E-state index in [1.807, 2.05) is 0 Å². The fraction of sp³-hybridized carbons (Fsp3) is 0.0909. The van der Waals surface area contributed by atoms with Crippen LogP contribution < -0.4 is 10.4 Å². The summed E-state index contributed by atoms with van der Waals surface area (Å²) in [5.74, 6) is -0.741. The Morgan fingerprint density at radius 3 is 2.75 bits per heavy atom. The van der Waals surface area contributed by atoms with Gasteiger partial charge in [0, 0.05) is 18.4 Å². The Labute approximate surface area is 90.5 Å². The quantitative estimate of drug-likeness (QED) is 0.765. The number of fused-ring (bicyclic) bond motifs is 1. The fourth-order valence-electron chi connectivity index (χ4n) is 1.46. The number of hydrogen-bond donors (Lipinski definition) is 1. The minimum Gasteiger partial charge on any atom is -0.506 e. The SMILES string of the molecule is CC(=O)On1c(=O)ccc2cccc(O)c21. The molecule has 0 bridgehead atoms. The van der Waals surface area contributed by atoms with E-state index < -0.39 is 11.5 Å². The summed E-state index contributed by atoms with van der Waals surface area (Å²) in [6, 6.07) is 7.58. The van der Waals surface area contributed by atoms with Gasteiger partial charge < -0.3 is 9.94 Å². The van der Waals surface area contributed by atoms with Crippen LogP contribution in [-0.4, -0.2) is 15.8 Å². The predicted octanol–water partition coefficient (Wildman–Crippen LogP) is 0.682. The molecular weight excluding hydrogens is 210 g/mol. The Morgan fingerprint density at radius 2 is 2.06 bits per heavy atom. The number of para-hydroxylation sites is 1. The number of aromatic nitrogens is 1. The van der Waals surface area contributed by atoms with Crippen LogP contribution in [-0.2, 0) is 4.79 Å². The molecule has 0 amide bonds. The molecule has 0 fully saturated rings. The number of benzene rings is 1. The third kappa shape index (κ3) is 1.63. The molecule has 1 N–H and O–H groups in total. The summed E-state index contributed by atoms with van der Waals surface area (Å²) >= 11 is 0. The lowest BCUT2D eigenvalue weighted by Gasteiger charge is -2.08. The highest BCUT2D eigenvalue weighted by Crippen LogP contribution is 2.21. The second-order valence-electron chi connectivity index (χ2n) is 3.26. The van der Waals surface area contributed by atoms with Crippen molar-refractivity contribution in [2.24, 2.45) is 0 Å². The highest BCUT2D eigenvalue weighted by Gasteiger charge is 2.09. The van der Waals surface area contributed by atoms with Gasteiger partial charge in [-0.1, -0.05) is 12.1 Å². The second kappa shape index (κ2) is 3.69. The van der Waals surface area contributed by atoms with Crippen molar-refractivity contribution in [1.82, 2.24) is 4.73 Å². The summed E-state index contributed by atoms with van der Waals surface area (Å²) in [6.07, 6.45) is 0. The molecule has 1 heterocycles. The number of aromatic hydroxyl groups is 1. The molecule has 16 heavy (non-hydrogen) atoms. The van der Waals surface area contributed by atoms with E-state index in [-0.39, 0.29) is 11.3 Å². The maximum absolute atomic E-state index is 11.5. The van der Waals surface area contributed by atoms with Crippen molar-refractivity contribution in [3.8, 4) is 5.75 Å². The van der Waals surface area contributed by atoms with Crippen LogP contribution in [0.15, 0.2) is 35.1 Å². The Balaban J connectivity index is 2.83. The largest absolute Gasteiger partial charge is 0.506 e. The first-order valence-electron chi connectivity index (χ1n) is 4.62. The standard InChI is InChI=1S/C11H9NO4/c1-7(13)16-12-10(15)6-5-8-3-2-4-9(14)11(8)12/h2-6,14H,1H3. The highest BCUT2D eigenvalue weighted by molar-refractivity contribution is 5.84. The molecule has 0 saturated heterocycles. The molecule has 2 aromatic rings. The lowest BCUT2D eigenvalue weighted by molar-refractivity contribution is -0.141. The van der Waals surface area contributed by atoms with E-state index in [1.54, 1.807) is 18.2 Å². The van der Waals surface area contributed by atoms with Crippen molar-refractivity contribution in [3.05, 3.63) is 40.7 Å². The minimum atomic E-state index is -0.627. The van der Waals surface area contributed by atoms with Gasteiger partial charge in [0.25, 0.3) is 5.56 Å². The minimum absolute atomic E-state index is 0.114. The first-order chi connectivity index (χ1) is 7.59. The average molecular weight is 219 g/mol. The fourth-order valence-corrected chi connectivity index (χ4v) is 1.46. The van der Waals surface area contributed by atoms with Gasteiger partial charge in [-0.3, -0.25) is 4.79 Å². The number of phenolic OH excluding ortho intramolecular Hbond substituents is 1. The van der Waals surface area contributed by atoms with Crippen LogP contribution in [0.25, 0.3) is 10.9 Å². The van der Waals surface area contributed by atoms with Gasteiger partial charge in [0.15, 0.2) is 0 Å². The third-order valence-electron chi connectivity index (χ3n) is 2.07. The first-order valence-corrected chi connectivity index (χ1v) is 4.62. The zero-order valence-corrected chi connectivity index (χ0v) is 8.51. The molecular formula is C11H9NO4. The molecule has 0 saturated carbocycles. The Hall–Kier alpha value is -2.30. The smallest absolute Gasteiger partial charge is 0.330 e. The van der Waals surface area contributed by atoms with Crippen molar-refractivity contribution >= 4 is 16.9 Å². The van der Waals surface area contributed by atoms with Crippen LogP contribution in [0, 0.1) is 0 Å². The van der Waals surface area contributed by atoms with E-state index in [0.717, 1.165) is 4.73 Å². The monoisotopic (exact) mass is 219 g/mol. The third-order valence-corrected chi connectivity index (χ3v) is 2.07. The molecule has 0 aliphatic carbocycles. The van der Waals surface area contributed by atoms with Gasteiger partial charge in [0.2, 0.25) is 0 Å². The zero-order valence-electron chi connectivity index (χ0n) is 8.51. The topological polar surface area (TPSA) is 68.5 Å². The number of phenols is 1. The molecule has 5 heteroatoms. The van der Waals surface area contributed by atoms with E-state index in [4.69, 9.17) is 4.84 Å². The van der Waals surface area contributed by atoms with Crippen molar-refractivity contribution < 1.29 is 14.7 Å². The van der Waals surface area contributed by atoms with Gasteiger partial charge in [-0.25, -0.2) is 4.79 Å². The second-order valence-corrected chi connectivity index (χ2v) is 3.26. The number of rotatable bonds is 1. The molecule has 0 unspecified atom stereocenters. The molecule has 0 aliphatic rings. The zero-order chi connectivity index (χ0) is 11.7. The predicted molar refractivity (Wildman–Crippen MR) is 57.1 cm³/mol. The maximum Gasteiger partial charge on any atom is 0.330 e. The van der Waals surface area contributed by atoms with Gasteiger partial charge in [0.05, 0.1) is 0 Å². The van der Waals surface area contributed by atoms with Crippen LogP contribution in [0.3, 0.4) is 0 Å². The van der Waals surface area contributed by atoms with Gasteiger partial charge >= 0.3 is 5.97 Å². The number of hydrogen-bond acceptors (Lipinski definition) is 4. The molecule has 5 nitrogen and oxygen atoms in total. The summed E-state index contributed by atoms with van der Waals surface area (Å²) in [4.78, 5) is 27.1. The Kier molecular flexibility index (Phi) is 2.36. The molecule has 0 aliphatic heterocycles. The van der Waals surface area contributed by atoms with E-state index in [0.29, 0.717) is 5.39 Å². The molecule has 0 atom stereocenters. The number of nitrogens with zero attached hydrogens (tertiary/aromatic N) is 1. The van der Waals surface area contributed by atoms with Gasteiger partial charge in [0.1, 0.15) is 11.3 Å². The van der Waals surface area contributed by atoms with Crippen molar-refractivity contribution in [1.29, 1.82) is 0 Å². The van der Waals surface area contributed by atoms with E-state index in [9.17, 15) is 14.7 Å². The van der Waals surface area contributed by atoms with Gasteiger partial charge in [-0.05, 0) is 12.1 Å². The molecule has 0 spiro atoms. The van der Waals surface area contributed by atoms with Crippen LogP contribution in [0.4, 0.5) is 0 Å². The lowest BCUT2D eigenvalue weighted by Crippen LogP contribution is -2.29. The highest BCUT2D eigenvalue weighted by atomic mass is 16.7. The Morgan fingerprint density at radius 1 is 1.31 bits per heavy atom.